The van der Waals surface area contributed by atoms with Gasteiger partial charge in [0.1, 0.15) is 5.60 Å². The van der Waals surface area contributed by atoms with Crippen molar-refractivity contribution in [1.82, 2.24) is 0 Å². The summed E-state index contributed by atoms with van der Waals surface area (Å²) < 4.78 is 5.12. The molecule has 1 atom stereocenters. The van der Waals surface area contributed by atoms with Crippen LogP contribution in [0.1, 0.15) is 33.6 Å². The Balaban J connectivity index is 4.01. The van der Waals surface area contributed by atoms with Crippen LogP contribution in [0.4, 0.5) is 0 Å². The van der Waals surface area contributed by atoms with Crippen LogP contribution in [0.3, 0.4) is 0 Å². The van der Waals surface area contributed by atoms with E-state index in [1.165, 1.54) is 6.08 Å². The van der Waals surface area contributed by atoms with Crippen molar-refractivity contribution in [3.05, 3.63) is 24.8 Å². The van der Waals surface area contributed by atoms with Crippen LogP contribution in [-0.4, -0.2) is 22.8 Å². The highest BCUT2D eigenvalue weighted by Gasteiger charge is 2.18. The average molecular weight is 212 g/mol. The van der Waals surface area contributed by atoms with Gasteiger partial charge in [0, 0.05) is 5.57 Å². The molecule has 0 rings (SSSR count). The number of hydrogen-bond donors (Lipinski definition) is 1. The summed E-state index contributed by atoms with van der Waals surface area (Å²) in [4.78, 5) is 11.4. The molecule has 3 heteroatoms. The van der Waals surface area contributed by atoms with Crippen molar-refractivity contribution >= 4 is 5.97 Å². The fourth-order valence-corrected chi connectivity index (χ4v) is 0.892. The first-order valence-electron chi connectivity index (χ1n) is 4.98. The molecule has 0 aromatic carbocycles. The monoisotopic (exact) mass is 212 g/mol. The molecule has 0 aromatic heterocycles. The molecule has 0 aromatic rings. The summed E-state index contributed by atoms with van der Waals surface area (Å²) in [6.45, 7) is 12.5. The molecule has 86 valence electrons. The molecule has 0 heterocycles. The molecule has 15 heavy (non-hydrogen) atoms. The number of carbonyl (C=O) groups is 1. The molecule has 0 saturated carbocycles. The van der Waals surface area contributed by atoms with Crippen LogP contribution in [0.2, 0.25) is 0 Å². The van der Waals surface area contributed by atoms with E-state index in [1.54, 1.807) is 20.8 Å². The lowest BCUT2D eigenvalue weighted by atomic mass is 10.1. The minimum atomic E-state index is -0.593. The zero-order chi connectivity index (χ0) is 12.1. The van der Waals surface area contributed by atoms with E-state index >= 15 is 0 Å². The number of ether oxygens (including phenoxy) is 1. The molecule has 0 saturated heterocycles. The molecular weight excluding hydrogens is 192 g/mol. The van der Waals surface area contributed by atoms with Crippen LogP contribution >= 0.6 is 0 Å². The summed E-state index contributed by atoms with van der Waals surface area (Å²) >= 11 is 0. The van der Waals surface area contributed by atoms with Gasteiger partial charge in [-0.05, 0) is 33.6 Å². The Morgan fingerprint density at radius 1 is 1.53 bits per heavy atom. The second-order valence-corrected chi connectivity index (χ2v) is 4.45. The van der Waals surface area contributed by atoms with Gasteiger partial charge in [-0.3, -0.25) is 0 Å². The van der Waals surface area contributed by atoms with E-state index in [9.17, 15) is 9.90 Å². The highest BCUT2D eigenvalue weighted by Crippen LogP contribution is 2.14. The standard InChI is InChI=1S/C12H20O3/c1-6-10(13)8-7-9(2)11(14)15-12(3,4)5/h6,10,13H,1-2,7-8H2,3-5H3. The first-order valence-corrected chi connectivity index (χ1v) is 4.98. The molecule has 0 amide bonds. The highest BCUT2D eigenvalue weighted by molar-refractivity contribution is 5.87. The normalized spacial score (nSPS) is 13.1. The summed E-state index contributed by atoms with van der Waals surface area (Å²) in [6.07, 6.45) is 1.70. The summed E-state index contributed by atoms with van der Waals surface area (Å²) in [5, 5.41) is 9.21. The predicted molar refractivity (Wildman–Crippen MR) is 60.4 cm³/mol. The van der Waals surface area contributed by atoms with Crippen molar-refractivity contribution in [2.45, 2.75) is 45.3 Å². The quantitative estimate of drug-likeness (QED) is 0.432. The Labute approximate surface area is 91.4 Å². The fourth-order valence-electron chi connectivity index (χ4n) is 0.892. The number of rotatable bonds is 5. The molecule has 0 fully saturated rings. The Kier molecular flexibility index (Phi) is 5.29. The minimum absolute atomic E-state index is 0.380. The summed E-state index contributed by atoms with van der Waals surface area (Å²) in [5.41, 5.74) is -0.123. The van der Waals surface area contributed by atoms with Crippen LogP contribution in [0.15, 0.2) is 24.8 Å². The molecule has 0 aliphatic rings. The third-order valence-corrected chi connectivity index (χ3v) is 1.70. The number of hydrogen-bond acceptors (Lipinski definition) is 3. The molecule has 1 N–H and O–H groups in total. The van der Waals surface area contributed by atoms with Gasteiger partial charge in [-0.2, -0.15) is 0 Å². The van der Waals surface area contributed by atoms with Gasteiger partial charge in [0.15, 0.2) is 0 Å². The molecule has 0 aliphatic heterocycles. The number of carbonyl (C=O) groups excluding carboxylic acids is 1. The van der Waals surface area contributed by atoms with Gasteiger partial charge in [0.05, 0.1) is 6.10 Å². The summed E-state index contributed by atoms with van der Waals surface area (Å²) in [5.74, 6) is -0.404. The van der Waals surface area contributed by atoms with Crippen molar-refractivity contribution in [3.63, 3.8) is 0 Å². The average Bonchev–Trinajstić information content (AvgIpc) is 2.10. The Morgan fingerprint density at radius 2 is 2.07 bits per heavy atom. The molecule has 0 radical (unpaired) electrons. The zero-order valence-electron chi connectivity index (χ0n) is 9.75. The first kappa shape index (κ1) is 13.9. The number of aliphatic hydroxyl groups is 1. The van der Waals surface area contributed by atoms with E-state index in [4.69, 9.17) is 4.74 Å². The molecule has 3 nitrogen and oxygen atoms in total. The maximum Gasteiger partial charge on any atom is 0.333 e. The van der Waals surface area contributed by atoms with Crippen molar-refractivity contribution in [2.24, 2.45) is 0 Å². The van der Waals surface area contributed by atoms with Gasteiger partial charge < -0.3 is 9.84 Å². The van der Waals surface area contributed by atoms with Crippen molar-refractivity contribution in [2.75, 3.05) is 0 Å². The van der Waals surface area contributed by atoms with Gasteiger partial charge in [-0.25, -0.2) is 4.79 Å². The third-order valence-electron chi connectivity index (χ3n) is 1.70. The zero-order valence-corrected chi connectivity index (χ0v) is 9.75. The van der Waals surface area contributed by atoms with E-state index in [-0.39, 0.29) is 0 Å². The predicted octanol–water partition coefficient (Wildman–Crippen LogP) is 2.21. The van der Waals surface area contributed by atoms with E-state index < -0.39 is 17.7 Å². The number of aliphatic hydroxyl groups excluding tert-OH is 1. The van der Waals surface area contributed by atoms with Gasteiger partial charge in [0.25, 0.3) is 0 Å². The summed E-state index contributed by atoms with van der Waals surface area (Å²) in [6, 6.07) is 0. The largest absolute Gasteiger partial charge is 0.457 e. The molecule has 0 bridgehead atoms. The van der Waals surface area contributed by atoms with Gasteiger partial charge >= 0.3 is 5.97 Å². The minimum Gasteiger partial charge on any atom is -0.457 e. The Morgan fingerprint density at radius 3 is 2.47 bits per heavy atom. The Hall–Kier alpha value is -1.09. The molecule has 1 unspecified atom stereocenters. The number of esters is 1. The van der Waals surface area contributed by atoms with Crippen LogP contribution in [0, 0.1) is 0 Å². The maximum atomic E-state index is 11.4. The molecule has 0 aliphatic carbocycles. The Bertz CT molecular complexity index is 248. The first-order chi connectivity index (χ1) is 6.76. The molecule has 0 spiro atoms. The third kappa shape index (κ3) is 6.91. The van der Waals surface area contributed by atoms with Crippen LogP contribution < -0.4 is 0 Å². The van der Waals surface area contributed by atoms with Crippen LogP contribution in [-0.2, 0) is 9.53 Å². The van der Waals surface area contributed by atoms with E-state index in [2.05, 4.69) is 13.2 Å². The van der Waals surface area contributed by atoms with E-state index in [0.29, 0.717) is 18.4 Å². The summed E-state index contributed by atoms with van der Waals surface area (Å²) in [7, 11) is 0. The second-order valence-electron chi connectivity index (χ2n) is 4.45. The van der Waals surface area contributed by atoms with Gasteiger partial charge in [-0.1, -0.05) is 12.7 Å². The van der Waals surface area contributed by atoms with Crippen molar-refractivity contribution in [3.8, 4) is 0 Å². The lowest BCUT2D eigenvalue weighted by molar-refractivity contribution is -0.150. The fraction of sp³-hybridized carbons (Fsp3) is 0.583. The van der Waals surface area contributed by atoms with E-state index in [1.807, 2.05) is 0 Å². The lowest BCUT2D eigenvalue weighted by Crippen LogP contribution is -2.24. The topological polar surface area (TPSA) is 46.5 Å². The SMILES string of the molecule is C=CC(O)CCC(=C)C(=O)OC(C)(C)C. The second kappa shape index (κ2) is 5.71. The molecular formula is C12H20O3. The van der Waals surface area contributed by atoms with Crippen molar-refractivity contribution < 1.29 is 14.6 Å². The van der Waals surface area contributed by atoms with Gasteiger partial charge in [-0.15, -0.1) is 6.58 Å². The smallest absolute Gasteiger partial charge is 0.333 e. The van der Waals surface area contributed by atoms with Crippen LogP contribution in [0.25, 0.3) is 0 Å². The highest BCUT2D eigenvalue weighted by atomic mass is 16.6. The van der Waals surface area contributed by atoms with E-state index in [0.717, 1.165) is 0 Å². The maximum absolute atomic E-state index is 11.4. The van der Waals surface area contributed by atoms with Gasteiger partial charge in [0.2, 0.25) is 0 Å². The van der Waals surface area contributed by atoms with Crippen LogP contribution in [0.5, 0.6) is 0 Å². The lowest BCUT2D eigenvalue weighted by Gasteiger charge is -2.20. The van der Waals surface area contributed by atoms with Crippen molar-refractivity contribution in [1.29, 1.82) is 0 Å².